The molecular formula is C18H17F2N5O2. The first-order valence-electron chi connectivity index (χ1n) is 8.37. The lowest BCUT2D eigenvalue weighted by molar-refractivity contribution is -0.0498. The van der Waals surface area contributed by atoms with Gasteiger partial charge in [0.05, 0.1) is 19.2 Å². The van der Waals surface area contributed by atoms with Gasteiger partial charge in [0.15, 0.2) is 0 Å². The third-order valence-corrected chi connectivity index (χ3v) is 4.56. The van der Waals surface area contributed by atoms with Gasteiger partial charge in [-0.15, -0.1) is 0 Å². The second-order valence-corrected chi connectivity index (χ2v) is 6.12. The van der Waals surface area contributed by atoms with Crippen LogP contribution in [0, 0.1) is 0 Å². The first-order valence-corrected chi connectivity index (χ1v) is 8.37. The van der Waals surface area contributed by atoms with Crippen LogP contribution in [-0.4, -0.2) is 33.9 Å². The number of hydrogen-bond acceptors (Lipinski definition) is 6. The minimum absolute atomic E-state index is 0.00334. The highest BCUT2D eigenvalue weighted by molar-refractivity contribution is 5.40. The zero-order valence-electron chi connectivity index (χ0n) is 14.4. The third-order valence-electron chi connectivity index (χ3n) is 4.56. The predicted molar refractivity (Wildman–Crippen MR) is 93.0 cm³/mol. The van der Waals surface area contributed by atoms with Crippen LogP contribution in [0.25, 0.3) is 0 Å². The Kier molecular flexibility index (Phi) is 4.57. The van der Waals surface area contributed by atoms with Crippen LogP contribution in [0.3, 0.4) is 0 Å². The molecule has 1 aliphatic rings. The summed E-state index contributed by atoms with van der Waals surface area (Å²) in [5.74, 6) is 1.46. The molecule has 0 amide bonds. The summed E-state index contributed by atoms with van der Waals surface area (Å²) in [6.07, 6.45) is 0.694. The highest BCUT2D eigenvalue weighted by atomic mass is 19.3. The van der Waals surface area contributed by atoms with Crippen molar-refractivity contribution >= 4 is 5.95 Å². The molecule has 2 atom stereocenters. The minimum Gasteiger partial charge on any atom is -0.497 e. The highest BCUT2D eigenvalue weighted by Crippen LogP contribution is 2.37. The van der Waals surface area contributed by atoms with Crippen molar-refractivity contribution in [2.45, 2.75) is 25.1 Å². The van der Waals surface area contributed by atoms with E-state index in [2.05, 4.69) is 25.6 Å². The molecule has 1 aliphatic heterocycles. The molecule has 2 aromatic carbocycles. The van der Waals surface area contributed by atoms with Gasteiger partial charge in [0.25, 0.3) is 0 Å². The van der Waals surface area contributed by atoms with Crippen LogP contribution in [0.5, 0.6) is 11.5 Å². The number of nitrogens with zero attached hydrogens (tertiary/aromatic N) is 4. The molecule has 7 nitrogen and oxygen atoms in total. The number of benzene rings is 2. The molecule has 4 rings (SSSR count). The van der Waals surface area contributed by atoms with Gasteiger partial charge in [-0.05, 0) is 52.2 Å². The fourth-order valence-electron chi connectivity index (χ4n) is 3.24. The molecule has 0 bridgehead atoms. The second-order valence-electron chi connectivity index (χ2n) is 6.12. The molecule has 0 saturated heterocycles. The minimum atomic E-state index is -2.85. The average molecular weight is 373 g/mol. The van der Waals surface area contributed by atoms with Crippen molar-refractivity contribution in [3.05, 3.63) is 59.7 Å². The number of nitrogens with one attached hydrogen (secondary N) is 1. The Morgan fingerprint density at radius 3 is 2.37 bits per heavy atom. The van der Waals surface area contributed by atoms with Gasteiger partial charge in [-0.2, -0.15) is 8.78 Å². The molecule has 9 heteroatoms. The summed E-state index contributed by atoms with van der Waals surface area (Å²) in [7, 11) is 1.62. The standard InChI is InChI=1S/C18H17F2N5O2/c1-26-13-6-2-11(3-7-13)15-10-16(25-18(21-15)22-23-24-25)12-4-8-14(9-5-12)27-17(19)20/h2-9,15-17H,10H2,1H3,(H,21,22,24). The van der Waals surface area contributed by atoms with Gasteiger partial charge >= 0.3 is 6.61 Å². The topological polar surface area (TPSA) is 74.1 Å². The Bertz CT molecular complexity index is 899. The van der Waals surface area contributed by atoms with Crippen molar-refractivity contribution < 1.29 is 18.3 Å². The molecule has 2 heterocycles. The zero-order valence-corrected chi connectivity index (χ0v) is 14.4. The number of anilines is 1. The van der Waals surface area contributed by atoms with Crippen molar-refractivity contribution in [3.63, 3.8) is 0 Å². The van der Waals surface area contributed by atoms with E-state index in [9.17, 15) is 8.78 Å². The molecule has 27 heavy (non-hydrogen) atoms. The van der Waals surface area contributed by atoms with E-state index in [1.54, 1.807) is 23.9 Å². The van der Waals surface area contributed by atoms with Gasteiger partial charge in [0, 0.05) is 0 Å². The van der Waals surface area contributed by atoms with Crippen molar-refractivity contribution in [1.29, 1.82) is 0 Å². The summed E-state index contributed by atoms with van der Waals surface area (Å²) in [5, 5.41) is 15.2. The van der Waals surface area contributed by atoms with Gasteiger partial charge < -0.3 is 14.8 Å². The first kappa shape index (κ1) is 17.2. The number of hydrogen-bond donors (Lipinski definition) is 1. The Labute approximate surface area is 153 Å². The van der Waals surface area contributed by atoms with Gasteiger partial charge in [0.2, 0.25) is 5.95 Å². The van der Waals surface area contributed by atoms with Crippen LogP contribution in [-0.2, 0) is 0 Å². The molecule has 3 aromatic rings. The smallest absolute Gasteiger partial charge is 0.387 e. The summed E-state index contributed by atoms with van der Waals surface area (Å²) in [6, 6.07) is 14.2. The largest absolute Gasteiger partial charge is 0.497 e. The Balaban J connectivity index is 1.61. The summed E-state index contributed by atoms with van der Waals surface area (Å²) in [5.41, 5.74) is 1.98. The number of methoxy groups -OCH3 is 1. The summed E-state index contributed by atoms with van der Waals surface area (Å²) < 4.78 is 36.0. The van der Waals surface area contributed by atoms with Crippen LogP contribution in [0.1, 0.15) is 29.6 Å². The van der Waals surface area contributed by atoms with Crippen molar-refractivity contribution in [3.8, 4) is 11.5 Å². The van der Waals surface area contributed by atoms with Gasteiger partial charge in [0.1, 0.15) is 11.5 Å². The fourth-order valence-corrected chi connectivity index (χ4v) is 3.24. The van der Waals surface area contributed by atoms with Crippen LogP contribution >= 0.6 is 0 Å². The maximum Gasteiger partial charge on any atom is 0.387 e. The third kappa shape index (κ3) is 3.53. The van der Waals surface area contributed by atoms with Gasteiger partial charge in [-0.25, -0.2) is 4.68 Å². The van der Waals surface area contributed by atoms with Crippen LogP contribution in [0.15, 0.2) is 48.5 Å². The van der Waals surface area contributed by atoms with E-state index in [1.807, 2.05) is 24.3 Å². The Morgan fingerprint density at radius 1 is 1.04 bits per heavy atom. The summed E-state index contributed by atoms with van der Waals surface area (Å²) in [6.45, 7) is -2.85. The highest BCUT2D eigenvalue weighted by Gasteiger charge is 2.30. The molecule has 1 aromatic heterocycles. The SMILES string of the molecule is COc1ccc(C2CC(c3ccc(OC(F)F)cc3)n3nnnc3N2)cc1. The number of tetrazole rings is 1. The number of fused-ring (bicyclic) bond motifs is 1. The number of ether oxygens (including phenoxy) is 2. The lowest BCUT2D eigenvalue weighted by Crippen LogP contribution is -2.28. The van der Waals surface area contributed by atoms with Crippen LogP contribution in [0.2, 0.25) is 0 Å². The Morgan fingerprint density at radius 2 is 1.70 bits per heavy atom. The van der Waals surface area contributed by atoms with E-state index in [4.69, 9.17) is 4.74 Å². The molecule has 0 radical (unpaired) electrons. The number of halogens is 2. The number of aromatic nitrogens is 4. The van der Waals surface area contributed by atoms with E-state index in [1.165, 1.54) is 12.1 Å². The molecule has 0 spiro atoms. The second kappa shape index (κ2) is 7.18. The van der Waals surface area contributed by atoms with Crippen molar-refractivity contribution in [1.82, 2.24) is 20.2 Å². The summed E-state index contributed by atoms with van der Waals surface area (Å²) >= 11 is 0. The van der Waals surface area contributed by atoms with Crippen molar-refractivity contribution in [2.24, 2.45) is 0 Å². The molecule has 0 saturated carbocycles. The van der Waals surface area contributed by atoms with Gasteiger partial charge in [-0.3, -0.25) is 0 Å². The Hall–Kier alpha value is -3.23. The van der Waals surface area contributed by atoms with Crippen LogP contribution in [0.4, 0.5) is 14.7 Å². The molecule has 1 N–H and O–H groups in total. The quantitative estimate of drug-likeness (QED) is 0.739. The monoisotopic (exact) mass is 373 g/mol. The van der Waals surface area contributed by atoms with E-state index in [0.29, 0.717) is 12.4 Å². The predicted octanol–water partition coefficient (Wildman–Crippen LogP) is 3.43. The molecule has 140 valence electrons. The molecule has 0 fully saturated rings. The normalized spacial score (nSPS) is 18.7. The maximum atomic E-state index is 12.4. The number of rotatable bonds is 5. The summed E-state index contributed by atoms with van der Waals surface area (Å²) in [4.78, 5) is 0. The lowest BCUT2D eigenvalue weighted by atomic mass is 9.93. The van der Waals surface area contributed by atoms with E-state index in [0.717, 1.165) is 16.9 Å². The van der Waals surface area contributed by atoms with Gasteiger partial charge in [-0.1, -0.05) is 29.4 Å². The van der Waals surface area contributed by atoms with E-state index < -0.39 is 6.61 Å². The zero-order chi connectivity index (χ0) is 18.8. The van der Waals surface area contributed by atoms with E-state index in [-0.39, 0.29) is 17.8 Å². The fraction of sp³-hybridized carbons (Fsp3) is 0.278. The average Bonchev–Trinajstić information content (AvgIpc) is 3.16. The van der Waals surface area contributed by atoms with E-state index >= 15 is 0 Å². The maximum absolute atomic E-state index is 12.4. The van der Waals surface area contributed by atoms with Crippen molar-refractivity contribution in [2.75, 3.05) is 12.4 Å². The number of alkyl halides is 2. The van der Waals surface area contributed by atoms with Crippen LogP contribution < -0.4 is 14.8 Å². The molecule has 2 unspecified atom stereocenters. The lowest BCUT2D eigenvalue weighted by Gasteiger charge is -2.31. The first-order chi connectivity index (χ1) is 13.1. The molecular weight excluding hydrogens is 356 g/mol. The molecule has 0 aliphatic carbocycles.